The van der Waals surface area contributed by atoms with Gasteiger partial charge in [0.25, 0.3) is 0 Å². The Hall–Kier alpha value is -1.50. The van der Waals surface area contributed by atoms with Crippen LogP contribution < -0.4 is 5.73 Å². The minimum Gasteiger partial charge on any atom is -0.366 e. The zero-order chi connectivity index (χ0) is 10.1. The Labute approximate surface area is 88.3 Å². The van der Waals surface area contributed by atoms with Gasteiger partial charge in [-0.3, -0.25) is 0 Å². The summed E-state index contributed by atoms with van der Waals surface area (Å²) in [6.45, 7) is 1.80. The maximum absolute atomic E-state index is 5.40. The highest BCUT2D eigenvalue weighted by Gasteiger charge is 2.06. The highest BCUT2D eigenvalue weighted by atomic mass is 79.9. The first-order valence-electron chi connectivity index (χ1n) is 3.83. The number of nitrogens with zero attached hydrogens (tertiary/aromatic N) is 5. The summed E-state index contributed by atoms with van der Waals surface area (Å²) in [5, 5.41) is 3.95. The number of anilines is 1. The molecule has 0 radical (unpaired) electrons. The minimum atomic E-state index is 0.216. The zero-order valence-electron chi connectivity index (χ0n) is 7.35. The number of aromatic nitrogens is 5. The second-order valence-corrected chi connectivity index (χ2v) is 3.49. The second-order valence-electron chi connectivity index (χ2n) is 2.64. The van der Waals surface area contributed by atoms with Crippen LogP contribution in [-0.4, -0.2) is 24.7 Å². The van der Waals surface area contributed by atoms with Crippen molar-refractivity contribution < 1.29 is 0 Å². The van der Waals surface area contributed by atoms with E-state index < -0.39 is 0 Å². The van der Waals surface area contributed by atoms with E-state index in [1.54, 1.807) is 13.1 Å². The molecule has 0 aromatic carbocycles. The molecular formula is C7H7BrN6. The molecule has 0 spiro atoms. The lowest BCUT2D eigenvalue weighted by atomic mass is 10.5. The molecule has 0 bridgehead atoms. The van der Waals surface area contributed by atoms with Crippen LogP contribution in [0.1, 0.15) is 5.82 Å². The third kappa shape index (κ3) is 1.58. The van der Waals surface area contributed by atoms with Crippen molar-refractivity contribution in [2.75, 3.05) is 5.73 Å². The first kappa shape index (κ1) is 9.07. The summed E-state index contributed by atoms with van der Waals surface area (Å²) in [5.74, 6) is 1.51. The van der Waals surface area contributed by atoms with E-state index >= 15 is 0 Å². The van der Waals surface area contributed by atoms with Crippen LogP contribution in [0.15, 0.2) is 17.0 Å². The maximum atomic E-state index is 5.40. The first-order chi connectivity index (χ1) is 6.66. The van der Waals surface area contributed by atoms with Crippen molar-refractivity contribution in [3.63, 3.8) is 0 Å². The van der Waals surface area contributed by atoms with Crippen molar-refractivity contribution >= 4 is 21.9 Å². The van der Waals surface area contributed by atoms with Crippen molar-refractivity contribution in [2.45, 2.75) is 6.92 Å². The smallest absolute Gasteiger partial charge is 0.239 e. The Morgan fingerprint density at radius 2 is 2.21 bits per heavy atom. The molecule has 0 aliphatic heterocycles. The van der Waals surface area contributed by atoms with Crippen LogP contribution in [0, 0.1) is 6.92 Å². The van der Waals surface area contributed by atoms with Gasteiger partial charge in [-0.25, -0.2) is 15.0 Å². The lowest BCUT2D eigenvalue weighted by Crippen LogP contribution is -2.02. The van der Waals surface area contributed by atoms with E-state index in [0.29, 0.717) is 11.6 Å². The molecule has 0 saturated carbocycles. The number of halogens is 1. The van der Waals surface area contributed by atoms with Gasteiger partial charge in [-0.15, -0.1) is 5.10 Å². The molecule has 14 heavy (non-hydrogen) atoms. The van der Waals surface area contributed by atoms with Crippen LogP contribution in [0.5, 0.6) is 0 Å². The van der Waals surface area contributed by atoms with Gasteiger partial charge in [-0.2, -0.15) is 4.68 Å². The number of rotatable bonds is 1. The van der Waals surface area contributed by atoms with Crippen LogP contribution in [-0.2, 0) is 0 Å². The number of nitrogens with two attached hydrogens (primary N) is 1. The van der Waals surface area contributed by atoms with Crippen LogP contribution in [0.25, 0.3) is 5.82 Å². The number of hydrogen-bond acceptors (Lipinski definition) is 5. The average molecular weight is 255 g/mol. The molecule has 0 atom stereocenters. The Morgan fingerprint density at radius 1 is 1.43 bits per heavy atom. The SMILES string of the molecule is Cc1ncc(Br)c(-n2cnc(N)n2)n1. The quantitative estimate of drug-likeness (QED) is 0.811. The predicted molar refractivity (Wildman–Crippen MR) is 53.8 cm³/mol. The summed E-state index contributed by atoms with van der Waals surface area (Å²) in [4.78, 5) is 12.0. The molecule has 2 heterocycles. The lowest BCUT2D eigenvalue weighted by molar-refractivity contribution is 0.823. The van der Waals surface area contributed by atoms with E-state index in [-0.39, 0.29) is 5.95 Å². The van der Waals surface area contributed by atoms with Gasteiger partial charge in [0.05, 0.1) is 4.47 Å². The van der Waals surface area contributed by atoms with E-state index in [4.69, 9.17) is 5.73 Å². The average Bonchev–Trinajstić information content (AvgIpc) is 2.56. The van der Waals surface area contributed by atoms with Crippen molar-refractivity contribution in [3.8, 4) is 5.82 Å². The van der Waals surface area contributed by atoms with Crippen LogP contribution >= 0.6 is 15.9 Å². The molecule has 0 amide bonds. The molecular weight excluding hydrogens is 248 g/mol. The molecule has 2 rings (SSSR count). The van der Waals surface area contributed by atoms with Crippen molar-refractivity contribution in [2.24, 2.45) is 0 Å². The molecule has 2 N–H and O–H groups in total. The number of aryl methyl sites for hydroxylation is 1. The molecule has 2 aromatic heterocycles. The molecule has 2 aromatic rings. The number of nitrogen functional groups attached to an aromatic ring is 1. The standard InChI is InChI=1S/C7H7BrN6/c1-4-10-2-5(8)6(12-4)14-3-11-7(9)13-14/h2-3H,1H3,(H2,9,13). The van der Waals surface area contributed by atoms with Crippen molar-refractivity contribution in [1.82, 2.24) is 24.7 Å². The van der Waals surface area contributed by atoms with Gasteiger partial charge in [-0.1, -0.05) is 0 Å². The van der Waals surface area contributed by atoms with Gasteiger partial charge in [-0.05, 0) is 22.9 Å². The van der Waals surface area contributed by atoms with Crippen LogP contribution in [0.2, 0.25) is 0 Å². The Morgan fingerprint density at radius 3 is 2.86 bits per heavy atom. The Balaban J connectivity index is 2.55. The van der Waals surface area contributed by atoms with Gasteiger partial charge in [0.2, 0.25) is 5.95 Å². The van der Waals surface area contributed by atoms with Gasteiger partial charge in [0.15, 0.2) is 5.82 Å². The van der Waals surface area contributed by atoms with E-state index in [0.717, 1.165) is 4.47 Å². The van der Waals surface area contributed by atoms with Crippen molar-refractivity contribution in [1.29, 1.82) is 0 Å². The Kier molecular flexibility index (Phi) is 2.16. The lowest BCUT2D eigenvalue weighted by Gasteiger charge is -2.02. The van der Waals surface area contributed by atoms with Gasteiger partial charge in [0.1, 0.15) is 12.2 Å². The first-order valence-corrected chi connectivity index (χ1v) is 4.63. The predicted octanol–water partition coefficient (Wildman–Crippen LogP) is 0.710. The molecule has 0 aliphatic rings. The Bertz CT molecular complexity index is 465. The largest absolute Gasteiger partial charge is 0.366 e. The number of hydrogen-bond donors (Lipinski definition) is 1. The summed E-state index contributed by atoms with van der Waals surface area (Å²) in [5.41, 5.74) is 5.40. The van der Waals surface area contributed by atoms with E-state index in [1.807, 2.05) is 0 Å². The fraction of sp³-hybridized carbons (Fsp3) is 0.143. The van der Waals surface area contributed by atoms with Crippen molar-refractivity contribution in [3.05, 3.63) is 22.8 Å². The highest BCUT2D eigenvalue weighted by Crippen LogP contribution is 2.16. The van der Waals surface area contributed by atoms with E-state index in [1.165, 1.54) is 11.0 Å². The van der Waals surface area contributed by atoms with Crippen LogP contribution in [0.3, 0.4) is 0 Å². The molecule has 7 heteroatoms. The maximum Gasteiger partial charge on any atom is 0.239 e. The monoisotopic (exact) mass is 254 g/mol. The summed E-state index contributed by atoms with van der Waals surface area (Å²) in [7, 11) is 0. The van der Waals surface area contributed by atoms with E-state index in [9.17, 15) is 0 Å². The third-order valence-electron chi connectivity index (χ3n) is 1.57. The molecule has 0 aliphatic carbocycles. The summed E-state index contributed by atoms with van der Waals surface area (Å²) < 4.78 is 2.24. The molecule has 0 unspecified atom stereocenters. The van der Waals surface area contributed by atoms with Gasteiger partial charge >= 0.3 is 0 Å². The van der Waals surface area contributed by atoms with Gasteiger partial charge < -0.3 is 5.73 Å². The fourth-order valence-corrected chi connectivity index (χ4v) is 1.35. The third-order valence-corrected chi connectivity index (χ3v) is 2.13. The van der Waals surface area contributed by atoms with Crippen LogP contribution in [0.4, 0.5) is 5.95 Å². The van der Waals surface area contributed by atoms with Gasteiger partial charge in [0, 0.05) is 6.20 Å². The molecule has 6 nitrogen and oxygen atoms in total. The van der Waals surface area contributed by atoms with E-state index in [2.05, 4.69) is 36.0 Å². The zero-order valence-corrected chi connectivity index (χ0v) is 8.93. The highest BCUT2D eigenvalue weighted by molar-refractivity contribution is 9.10. The summed E-state index contributed by atoms with van der Waals surface area (Å²) in [6.07, 6.45) is 3.16. The summed E-state index contributed by atoms with van der Waals surface area (Å²) >= 11 is 3.32. The molecule has 0 fully saturated rings. The second kappa shape index (κ2) is 3.33. The minimum absolute atomic E-state index is 0.216. The normalized spacial score (nSPS) is 10.4. The topological polar surface area (TPSA) is 82.5 Å². The summed E-state index contributed by atoms with van der Waals surface area (Å²) in [6, 6.07) is 0. The molecule has 0 saturated heterocycles. The fourth-order valence-electron chi connectivity index (χ4n) is 0.982. The molecule has 72 valence electrons.